The molecule has 0 fully saturated rings. The molecule has 2 aromatic rings. The number of hydrogen-bond acceptors (Lipinski definition) is 5. The van der Waals surface area contributed by atoms with Crippen molar-refractivity contribution in [3.05, 3.63) is 57.6 Å². The van der Waals surface area contributed by atoms with E-state index < -0.39 is 11.9 Å². The highest BCUT2D eigenvalue weighted by Gasteiger charge is 2.16. The minimum Gasteiger partial charge on any atom is -0.490 e. The summed E-state index contributed by atoms with van der Waals surface area (Å²) in [6.07, 6.45) is 2.23. The molecule has 0 spiro atoms. The molecule has 0 bridgehead atoms. The third kappa shape index (κ3) is 6.59. The van der Waals surface area contributed by atoms with Crippen molar-refractivity contribution in [3.63, 3.8) is 0 Å². The number of carboxylic acids is 1. The van der Waals surface area contributed by atoms with Gasteiger partial charge in [0.15, 0.2) is 11.5 Å². The zero-order chi connectivity index (χ0) is 23.0. The summed E-state index contributed by atoms with van der Waals surface area (Å²) < 4.78 is 12.3. The SMILES string of the molecule is CCOc1cc(C=C(C#N)C(=O)Nc2cccc(C(=O)O)c2)cc(Br)c1OC(C)CC. The molecule has 1 unspecified atom stereocenters. The number of carboxylic acid groups (broad SMARTS) is 1. The Morgan fingerprint density at radius 3 is 2.65 bits per heavy atom. The second-order valence-electron chi connectivity index (χ2n) is 6.61. The average Bonchev–Trinajstić information content (AvgIpc) is 2.74. The molecule has 2 N–H and O–H groups in total. The van der Waals surface area contributed by atoms with Crippen molar-refractivity contribution in [3.8, 4) is 17.6 Å². The van der Waals surface area contributed by atoms with Crippen LogP contribution < -0.4 is 14.8 Å². The Balaban J connectivity index is 2.34. The molecule has 2 rings (SSSR count). The topological polar surface area (TPSA) is 109 Å². The first-order valence-corrected chi connectivity index (χ1v) is 10.5. The lowest BCUT2D eigenvalue weighted by Gasteiger charge is -2.18. The lowest BCUT2D eigenvalue weighted by Crippen LogP contribution is -2.14. The van der Waals surface area contributed by atoms with Gasteiger partial charge < -0.3 is 19.9 Å². The number of nitrogens with zero attached hydrogens (tertiary/aromatic N) is 1. The number of carbonyl (C=O) groups excluding carboxylic acids is 1. The Kier molecular flexibility index (Phi) is 8.64. The fourth-order valence-electron chi connectivity index (χ4n) is 2.58. The van der Waals surface area contributed by atoms with Gasteiger partial charge in [-0.25, -0.2) is 4.79 Å². The van der Waals surface area contributed by atoms with E-state index in [1.807, 2.05) is 26.8 Å². The third-order valence-electron chi connectivity index (χ3n) is 4.27. The van der Waals surface area contributed by atoms with E-state index in [-0.39, 0.29) is 22.9 Å². The van der Waals surface area contributed by atoms with Gasteiger partial charge in [0, 0.05) is 5.69 Å². The van der Waals surface area contributed by atoms with Gasteiger partial charge in [-0.3, -0.25) is 4.79 Å². The highest BCUT2D eigenvalue weighted by molar-refractivity contribution is 9.10. The van der Waals surface area contributed by atoms with Crippen molar-refractivity contribution in [2.24, 2.45) is 0 Å². The molecule has 0 heterocycles. The quantitative estimate of drug-likeness (QED) is 0.369. The van der Waals surface area contributed by atoms with Crippen LogP contribution in [-0.4, -0.2) is 29.7 Å². The van der Waals surface area contributed by atoms with E-state index in [2.05, 4.69) is 21.2 Å². The van der Waals surface area contributed by atoms with Crippen LogP contribution in [-0.2, 0) is 4.79 Å². The molecule has 7 nitrogen and oxygen atoms in total. The first-order valence-electron chi connectivity index (χ1n) is 9.68. The Bertz CT molecular complexity index is 1040. The standard InChI is InChI=1S/C23H23BrN2O5/c1-4-14(3)31-21-19(24)10-15(11-20(21)30-5-2)9-17(13-25)22(27)26-18-8-6-7-16(12-18)23(28)29/h6-12,14H,4-5H2,1-3H3,(H,26,27)(H,28,29). The van der Waals surface area contributed by atoms with Crippen LogP contribution in [0.25, 0.3) is 6.08 Å². The van der Waals surface area contributed by atoms with Gasteiger partial charge in [0.2, 0.25) is 0 Å². The lowest BCUT2D eigenvalue weighted by atomic mass is 10.1. The van der Waals surface area contributed by atoms with E-state index in [0.29, 0.717) is 28.1 Å². The monoisotopic (exact) mass is 486 g/mol. The summed E-state index contributed by atoms with van der Waals surface area (Å²) in [6, 6.07) is 11.1. The van der Waals surface area contributed by atoms with Crippen molar-refractivity contribution in [2.75, 3.05) is 11.9 Å². The predicted molar refractivity (Wildman–Crippen MR) is 121 cm³/mol. The molecule has 0 aliphatic carbocycles. The minimum absolute atomic E-state index is 0.0149. The van der Waals surface area contributed by atoms with Crippen LogP contribution >= 0.6 is 15.9 Å². The number of ether oxygens (including phenoxy) is 2. The van der Waals surface area contributed by atoms with Gasteiger partial charge in [0.1, 0.15) is 11.6 Å². The Morgan fingerprint density at radius 1 is 1.29 bits per heavy atom. The summed E-state index contributed by atoms with van der Waals surface area (Å²) in [6.45, 7) is 6.23. The Morgan fingerprint density at radius 2 is 2.03 bits per heavy atom. The van der Waals surface area contributed by atoms with E-state index >= 15 is 0 Å². The summed E-state index contributed by atoms with van der Waals surface area (Å²) in [5, 5.41) is 21.1. The molecule has 0 saturated heterocycles. The summed E-state index contributed by atoms with van der Waals surface area (Å²) in [7, 11) is 0. The molecular formula is C23H23BrN2O5. The Hall–Kier alpha value is -3.31. The summed E-state index contributed by atoms with van der Waals surface area (Å²) in [5.74, 6) is -0.712. The smallest absolute Gasteiger partial charge is 0.335 e. The van der Waals surface area contributed by atoms with Crippen LogP contribution in [0.1, 0.15) is 43.1 Å². The van der Waals surface area contributed by atoms with Crippen molar-refractivity contribution in [1.82, 2.24) is 0 Å². The number of nitriles is 1. The van der Waals surface area contributed by atoms with Crippen molar-refractivity contribution in [1.29, 1.82) is 5.26 Å². The zero-order valence-corrected chi connectivity index (χ0v) is 19.0. The first kappa shape index (κ1) is 24.0. The number of aromatic carboxylic acids is 1. The van der Waals surface area contributed by atoms with Gasteiger partial charge in [-0.2, -0.15) is 5.26 Å². The molecule has 2 aromatic carbocycles. The highest BCUT2D eigenvalue weighted by Crippen LogP contribution is 2.38. The highest BCUT2D eigenvalue weighted by atomic mass is 79.9. The third-order valence-corrected chi connectivity index (χ3v) is 4.86. The maximum Gasteiger partial charge on any atom is 0.335 e. The van der Waals surface area contributed by atoms with Crippen LogP contribution in [0.15, 0.2) is 46.4 Å². The van der Waals surface area contributed by atoms with Gasteiger partial charge in [-0.05, 0) is 78.2 Å². The molecule has 0 aliphatic heterocycles. The number of amides is 1. The summed E-state index contributed by atoms with van der Waals surface area (Å²) in [5.41, 5.74) is 0.727. The van der Waals surface area contributed by atoms with Crippen molar-refractivity contribution >= 4 is 39.6 Å². The molecule has 162 valence electrons. The summed E-state index contributed by atoms with van der Waals surface area (Å²) in [4.78, 5) is 23.7. The van der Waals surface area contributed by atoms with E-state index in [1.165, 1.54) is 24.3 Å². The maximum absolute atomic E-state index is 12.6. The predicted octanol–water partition coefficient (Wildman–Crippen LogP) is 5.27. The van der Waals surface area contributed by atoms with Crippen molar-refractivity contribution in [2.45, 2.75) is 33.3 Å². The fraction of sp³-hybridized carbons (Fsp3) is 0.261. The van der Waals surface area contributed by atoms with Gasteiger partial charge in [-0.1, -0.05) is 13.0 Å². The largest absolute Gasteiger partial charge is 0.490 e. The number of halogens is 1. The van der Waals surface area contributed by atoms with E-state index in [1.54, 1.807) is 18.2 Å². The van der Waals surface area contributed by atoms with Crippen LogP contribution in [0, 0.1) is 11.3 Å². The maximum atomic E-state index is 12.6. The molecule has 0 radical (unpaired) electrons. The summed E-state index contributed by atoms with van der Waals surface area (Å²) >= 11 is 3.48. The molecule has 1 amide bonds. The second kappa shape index (κ2) is 11.2. The average molecular weight is 487 g/mol. The second-order valence-corrected chi connectivity index (χ2v) is 7.46. The lowest BCUT2D eigenvalue weighted by molar-refractivity contribution is -0.112. The Labute approximate surface area is 189 Å². The molecular weight excluding hydrogens is 464 g/mol. The number of carbonyl (C=O) groups is 2. The molecule has 0 saturated carbocycles. The van der Waals surface area contributed by atoms with E-state index in [0.717, 1.165) is 6.42 Å². The number of anilines is 1. The minimum atomic E-state index is -1.11. The van der Waals surface area contributed by atoms with Gasteiger partial charge in [0.25, 0.3) is 5.91 Å². The number of nitrogens with one attached hydrogen (secondary N) is 1. The molecule has 0 aromatic heterocycles. The zero-order valence-electron chi connectivity index (χ0n) is 17.4. The van der Waals surface area contributed by atoms with Gasteiger partial charge >= 0.3 is 5.97 Å². The molecule has 8 heteroatoms. The molecule has 1 atom stereocenters. The van der Waals surface area contributed by atoms with Crippen LogP contribution in [0.5, 0.6) is 11.5 Å². The molecule has 0 aliphatic rings. The van der Waals surface area contributed by atoms with Crippen LogP contribution in [0.4, 0.5) is 5.69 Å². The number of rotatable bonds is 9. The number of hydrogen-bond donors (Lipinski definition) is 2. The van der Waals surface area contributed by atoms with Crippen LogP contribution in [0.3, 0.4) is 0 Å². The number of benzene rings is 2. The first-order chi connectivity index (χ1) is 14.8. The van der Waals surface area contributed by atoms with E-state index in [9.17, 15) is 14.9 Å². The normalized spacial score (nSPS) is 11.9. The fourth-order valence-corrected chi connectivity index (χ4v) is 3.13. The van der Waals surface area contributed by atoms with E-state index in [4.69, 9.17) is 14.6 Å². The van der Waals surface area contributed by atoms with Gasteiger partial charge in [0.05, 0.1) is 22.7 Å². The van der Waals surface area contributed by atoms with Gasteiger partial charge in [-0.15, -0.1) is 0 Å². The van der Waals surface area contributed by atoms with Crippen LogP contribution in [0.2, 0.25) is 0 Å². The van der Waals surface area contributed by atoms with Crippen molar-refractivity contribution < 1.29 is 24.2 Å². The molecule has 31 heavy (non-hydrogen) atoms.